The van der Waals surface area contributed by atoms with Gasteiger partial charge in [-0.15, -0.1) is 0 Å². The number of anilines is 2. The third-order valence-corrected chi connectivity index (χ3v) is 2.22. The molecule has 2 rings (SSSR count). The maximum Gasteiger partial charge on any atom is 0.273 e. The fourth-order valence-corrected chi connectivity index (χ4v) is 1.40. The normalized spacial score (nSPS) is 9.94. The zero-order chi connectivity index (χ0) is 12.3. The number of aromatic amines is 1. The zero-order valence-electron chi connectivity index (χ0n) is 9.23. The number of aromatic nitrogens is 2. The summed E-state index contributed by atoms with van der Waals surface area (Å²) in [6.45, 7) is 0. The SMILES string of the molecule is COc1ccc(N)cc1NC(=O)c1ccn[nH]1. The molecule has 0 unspecified atom stereocenters. The number of methoxy groups -OCH3 is 1. The standard InChI is InChI=1S/C11H12N4O2/c1-17-10-3-2-7(12)6-9(10)14-11(16)8-4-5-13-15-8/h2-6H,12H2,1H3,(H,13,15)(H,14,16). The Balaban J connectivity index is 2.23. The monoisotopic (exact) mass is 232 g/mol. The van der Waals surface area contributed by atoms with Crippen molar-refractivity contribution >= 4 is 17.3 Å². The number of nitrogens with one attached hydrogen (secondary N) is 2. The van der Waals surface area contributed by atoms with E-state index >= 15 is 0 Å². The number of benzene rings is 1. The van der Waals surface area contributed by atoms with Crippen molar-refractivity contribution < 1.29 is 9.53 Å². The first-order valence-corrected chi connectivity index (χ1v) is 4.95. The molecule has 0 bridgehead atoms. The highest BCUT2D eigenvalue weighted by Crippen LogP contribution is 2.26. The molecule has 0 aliphatic rings. The van der Waals surface area contributed by atoms with Crippen molar-refractivity contribution in [2.24, 2.45) is 0 Å². The number of nitrogen functional groups attached to an aromatic ring is 1. The average Bonchev–Trinajstić information content (AvgIpc) is 2.83. The molecule has 88 valence electrons. The molecule has 0 atom stereocenters. The zero-order valence-corrected chi connectivity index (χ0v) is 9.23. The van der Waals surface area contributed by atoms with Crippen LogP contribution in [0.25, 0.3) is 0 Å². The predicted molar refractivity (Wildman–Crippen MR) is 63.9 cm³/mol. The molecule has 6 heteroatoms. The number of carbonyl (C=O) groups excluding carboxylic acids is 1. The molecule has 4 N–H and O–H groups in total. The van der Waals surface area contributed by atoms with Gasteiger partial charge in [-0.3, -0.25) is 9.89 Å². The number of ether oxygens (including phenoxy) is 1. The summed E-state index contributed by atoms with van der Waals surface area (Å²) in [5, 5.41) is 8.97. The molecule has 0 fully saturated rings. The van der Waals surface area contributed by atoms with Crippen molar-refractivity contribution in [3.63, 3.8) is 0 Å². The first-order valence-electron chi connectivity index (χ1n) is 4.95. The lowest BCUT2D eigenvalue weighted by atomic mass is 10.2. The van der Waals surface area contributed by atoms with Gasteiger partial charge in [0.25, 0.3) is 5.91 Å². The molecule has 0 saturated heterocycles. The van der Waals surface area contributed by atoms with Crippen molar-refractivity contribution in [2.45, 2.75) is 0 Å². The van der Waals surface area contributed by atoms with Crippen molar-refractivity contribution in [3.05, 3.63) is 36.2 Å². The lowest BCUT2D eigenvalue weighted by molar-refractivity contribution is 0.102. The van der Waals surface area contributed by atoms with E-state index in [0.717, 1.165) is 0 Å². The molecular weight excluding hydrogens is 220 g/mol. The van der Waals surface area contributed by atoms with Crippen molar-refractivity contribution in [2.75, 3.05) is 18.2 Å². The third-order valence-electron chi connectivity index (χ3n) is 2.22. The van der Waals surface area contributed by atoms with E-state index in [4.69, 9.17) is 10.5 Å². The number of nitrogens with zero attached hydrogens (tertiary/aromatic N) is 1. The van der Waals surface area contributed by atoms with Gasteiger partial charge in [0.15, 0.2) is 0 Å². The number of hydrogen-bond acceptors (Lipinski definition) is 4. The second-order valence-corrected chi connectivity index (χ2v) is 3.38. The molecule has 6 nitrogen and oxygen atoms in total. The molecule has 17 heavy (non-hydrogen) atoms. The van der Waals surface area contributed by atoms with Gasteiger partial charge in [0.2, 0.25) is 0 Å². The molecule has 1 heterocycles. The molecule has 1 amide bonds. The third kappa shape index (κ3) is 2.36. The molecule has 0 aliphatic heterocycles. The van der Waals surface area contributed by atoms with Gasteiger partial charge in [0.05, 0.1) is 12.8 Å². The Hall–Kier alpha value is -2.50. The minimum absolute atomic E-state index is 0.300. The number of hydrogen-bond donors (Lipinski definition) is 3. The molecule has 2 aromatic rings. The summed E-state index contributed by atoms with van der Waals surface area (Å²) in [5.74, 6) is 0.249. The Kier molecular flexibility index (Phi) is 2.95. The number of amides is 1. The van der Waals surface area contributed by atoms with E-state index in [2.05, 4.69) is 15.5 Å². The first kappa shape index (κ1) is 11.0. The minimum atomic E-state index is -0.300. The lowest BCUT2D eigenvalue weighted by Crippen LogP contribution is -2.13. The van der Waals surface area contributed by atoms with E-state index in [1.165, 1.54) is 13.3 Å². The summed E-state index contributed by atoms with van der Waals surface area (Å²) in [5.41, 5.74) is 7.09. The maximum absolute atomic E-state index is 11.8. The van der Waals surface area contributed by atoms with Crippen LogP contribution in [0.4, 0.5) is 11.4 Å². The van der Waals surface area contributed by atoms with Crippen LogP contribution in [0.3, 0.4) is 0 Å². The van der Waals surface area contributed by atoms with Gasteiger partial charge in [-0.05, 0) is 24.3 Å². The van der Waals surface area contributed by atoms with Crippen molar-refractivity contribution in [3.8, 4) is 5.75 Å². The lowest BCUT2D eigenvalue weighted by Gasteiger charge is -2.09. The number of rotatable bonds is 3. The Labute approximate surface area is 97.8 Å². The highest BCUT2D eigenvalue weighted by atomic mass is 16.5. The number of carbonyl (C=O) groups is 1. The Morgan fingerprint density at radius 2 is 2.29 bits per heavy atom. The largest absolute Gasteiger partial charge is 0.495 e. The Morgan fingerprint density at radius 3 is 2.94 bits per heavy atom. The Bertz CT molecular complexity index is 522. The van der Waals surface area contributed by atoms with Gasteiger partial charge in [-0.2, -0.15) is 5.10 Å². The molecule has 1 aromatic carbocycles. The van der Waals surface area contributed by atoms with Crippen LogP contribution >= 0.6 is 0 Å². The highest BCUT2D eigenvalue weighted by molar-refractivity contribution is 6.03. The minimum Gasteiger partial charge on any atom is -0.495 e. The molecule has 0 saturated carbocycles. The summed E-state index contributed by atoms with van der Waals surface area (Å²) < 4.78 is 5.12. The van der Waals surface area contributed by atoms with E-state index in [0.29, 0.717) is 22.8 Å². The molecule has 0 radical (unpaired) electrons. The Morgan fingerprint density at radius 1 is 1.47 bits per heavy atom. The molecular formula is C11H12N4O2. The van der Waals surface area contributed by atoms with E-state index < -0.39 is 0 Å². The van der Waals surface area contributed by atoms with Crippen LogP contribution in [0.2, 0.25) is 0 Å². The van der Waals surface area contributed by atoms with E-state index in [-0.39, 0.29) is 5.91 Å². The van der Waals surface area contributed by atoms with Crippen LogP contribution in [-0.2, 0) is 0 Å². The predicted octanol–water partition coefficient (Wildman–Crippen LogP) is 1.25. The average molecular weight is 232 g/mol. The van der Waals surface area contributed by atoms with Gasteiger partial charge in [0.1, 0.15) is 11.4 Å². The van der Waals surface area contributed by atoms with Crippen LogP contribution in [0.1, 0.15) is 10.5 Å². The topological polar surface area (TPSA) is 93.0 Å². The van der Waals surface area contributed by atoms with Gasteiger partial charge in [0, 0.05) is 11.9 Å². The summed E-state index contributed by atoms with van der Waals surface area (Å²) in [6.07, 6.45) is 1.51. The van der Waals surface area contributed by atoms with E-state index in [9.17, 15) is 4.79 Å². The quantitative estimate of drug-likeness (QED) is 0.694. The summed E-state index contributed by atoms with van der Waals surface area (Å²) in [7, 11) is 1.53. The summed E-state index contributed by atoms with van der Waals surface area (Å²) in [6, 6.07) is 6.60. The van der Waals surface area contributed by atoms with Crippen LogP contribution in [0.5, 0.6) is 5.75 Å². The van der Waals surface area contributed by atoms with Gasteiger partial charge >= 0.3 is 0 Å². The second kappa shape index (κ2) is 4.56. The number of nitrogens with two attached hydrogens (primary N) is 1. The van der Waals surface area contributed by atoms with Crippen LogP contribution in [0.15, 0.2) is 30.5 Å². The van der Waals surface area contributed by atoms with E-state index in [1.54, 1.807) is 24.3 Å². The van der Waals surface area contributed by atoms with Gasteiger partial charge < -0.3 is 15.8 Å². The smallest absolute Gasteiger partial charge is 0.273 e. The number of H-pyrrole nitrogens is 1. The maximum atomic E-state index is 11.8. The van der Waals surface area contributed by atoms with E-state index in [1.807, 2.05) is 0 Å². The first-order chi connectivity index (χ1) is 8.20. The molecule has 0 aliphatic carbocycles. The van der Waals surface area contributed by atoms with Gasteiger partial charge in [-0.25, -0.2) is 0 Å². The van der Waals surface area contributed by atoms with Crippen LogP contribution < -0.4 is 15.8 Å². The second-order valence-electron chi connectivity index (χ2n) is 3.38. The molecule has 0 spiro atoms. The van der Waals surface area contributed by atoms with Crippen molar-refractivity contribution in [1.82, 2.24) is 10.2 Å². The molecule has 1 aromatic heterocycles. The summed E-state index contributed by atoms with van der Waals surface area (Å²) in [4.78, 5) is 11.8. The van der Waals surface area contributed by atoms with Crippen LogP contribution in [0, 0.1) is 0 Å². The van der Waals surface area contributed by atoms with Gasteiger partial charge in [-0.1, -0.05) is 0 Å². The van der Waals surface area contributed by atoms with Crippen LogP contribution in [-0.4, -0.2) is 23.2 Å². The fourth-order valence-electron chi connectivity index (χ4n) is 1.40. The highest BCUT2D eigenvalue weighted by Gasteiger charge is 2.10. The van der Waals surface area contributed by atoms with Crippen molar-refractivity contribution in [1.29, 1.82) is 0 Å². The summed E-state index contributed by atoms with van der Waals surface area (Å²) >= 11 is 0. The fraction of sp³-hybridized carbons (Fsp3) is 0.0909.